The zero-order chi connectivity index (χ0) is 27.5. The minimum absolute atomic E-state index is 0.0202. The molecule has 0 amide bonds. The van der Waals surface area contributed by atoms with Crippen LogP contribution in [0.25, 0.3) is 0 Å². The quantitative estimate of drug-likeness (QED) is 0.503. The molecule has 1 aromatic heterocycles. The van der Waals surface area contributed by atoms with Gasteiger partial charge in [0.05, 0.1) is 29.7 Å². The second-order valence-electron chi connectivity index (χ2n) is 11.2. The molecule has 1 atom stereocenters. The Kier molecular flexibility index (Phi) is 6.18. The number of esters is 1. The van der Waals surface area contributed by atoms with E-state index in [1.807, 2.05) is 17.0 Å². The van der Waals surface area contributed by atoms with E-state index < -0.39 is 5.92 Å². The van der Waals surface area contributed by atoms with Crippen molar-refractivity contribution in [1.29, 1.82) is 5.26 Å². The number of nitriles is 1. The zero-order valence-corrected chi connectivity index (χ0v) is 23.2. The van der Waals surface area contributed by atoms with E-state index in [2.05, 4.69) is 19.9 Å². The Hall–Kier alpha value is -3.77. The maximum Gasteiger partial charge on any atom is 0.341 e. The number of ether oxygens (including phenoxy) is 3. The number of hydrogen-bond acceptors (Lipinski definition) is 9. The van der Waals surface area contributed by atoms with Crippen molar-refractivity contribution < 1.29 is 23.8 Å². The number of Topliss-reactive ketones (excluding diaryl/α,β-unsaturated/α-hetero) is 1. The smallest absolute Gasteiger partial charge is 0.341 e. The van der Waals surface area contributed by atoms with Gasteiger partial charge >= 0.3 is 5.97 Å². The zero-order valence-electron chi connectivity index (χ0n) is 22.4. The first-order valence-electron chi connectivity index (χ1n) is 13.4. The molecule has 2 aromatic rings. The fourth-order valence-electron chi connectivity index (χ4n) is 6.29. The standard InChI is InChI=1S/C30H31N3O5S/c1-4-36-29(35)25-17-7-5-6-8-23(17)39-28(25)33-19-12-30(2,3)13-20(34)26(19)24(18(14-31)27(33)32)16-9-10-21-22(11-16)38-15-37-21/h9-11,24H,4-8,12-13,15,32H2,1-3H3/t24-/m1/s1. The predicted molar refractivity (Wildman–Crippen MR) is 147 cm³/mol. The second-order valence-corrected chi connectivity index (χ2v) is 12.3. The fourth-order valence-corrected chi connectivity index (χ4v) is 7.71. The molecule has 3 heterocycles. The molecular formula is C30H31N3O5S. The average molecular weight is 546 g/mol. The lowest BCUT2D eigenvalue weighted by atomic mass is 9.68. The van der Waals surface area contributed by atoms with Crippen molar-refractivity contribution in [3.8, 4) is 17.6 Å². The molecule has 2 N–H and O–H groups in total. The summed E-state index contributed by atoms with van der Waals surface area (Å²) >= 11 is 1.53. The van der Waals surface area contributed by atoms with E-state index in [4.69, 9.17) is 19.9 Å². The maximum atomic E-state index is 13.9. The minimum atomic E-state index is -0.639. The number of fused-ring (bicyclic) bond motifs is 2. The Morgan fingerprint density at radius 2 is 2.00 bits per heavy atom. The summed E-state index contributed by atoms with van der Waals surface area (Å²) in [6.07, 6.45) is 4.64. The third kappa shape index (κ3) is 4.09. The highest BCUT2D eigenvalue weighted by atomic mass is 32.1. The van der Waals surface area contributed by atoms with Gasteiger partial charge < -0.3 is 19.9 Å². The number of carbonyl (C=O) groups is 2. The molecule has 0 spiro atoms. The van der Waals surface area contributed by atoms with Gasteiger partial charge in [-0.1, -0.05) is 19.9 Å². The number of allylic oxidation sites excluding steroid dienone is 3. The summed E-state index contributed by atoms with van der Waals surface area (Å²) in [7, 11) is 0. The molecule has 0 bridgehead atoms. The lowest BCUT2D eigenvalue weighted by Gasteiger charge is -2.43. The van der Waals surface area contributed by atoms with Gasteiger partial charge in [0, 0.05) is 22.6 Å². The van der Waals surface area contributed by atoms with Crippen LogP contribution in [0.4, 0.5) is 5.00 Å². The van der Waals surface area contributed by atoms with Crippen molar-refractivity contribution in [1.82, 2.24) is 0 Å². The normalized spacial score (nSPS) is 21.4. The lowest BCUT2D eigenvalue weighted by molar-refractivity contribution is -0.118. The summed E-state index contributed by atoms with van der Waals surface area (Å²) in [4.78, 5) is 30.3. The molecule has 0 unspecified atom stereocenters. The number of rotatable bonds is 4. The number of thiophene rings is 1. The fraction of sp³-hybridized carbons (Fsp3) is 0.433. The number of ketones is 1. The number of nitrogens with zero attached hydrogens (tertiary/aromatic N) is 2. The van der Waals surface area contributed by atoms with Gasteiger partial charge in [-0.3, -0.25) is 9.69 Å². The molecular weight excluding hydrogens is 514 g/mol. The molecule has 2 aliphatic carbocycles. The minimum Gasteiger partial charge on any atom is -0.462 e. The summed E-state index contributed by atoms with van der Waals surface area (Å²) in [6.45, 7) is 6.30. The molecule has 1 aromatic carbocycles. The highest BCUT2D eigenvalue weighted by Gasteiger charge is 2.46. The van der Waals surface area contributed by atoms with Crippen LogP contribution in [0.1, 0.15) is 78.7 Å². The SMILES string of the molecule is CCOC(=O)c1c(N2C(N)=C(C#N)[C@@H](c3ccc4c(c3)OCO4)C3=C2CC(C)(C)CC3=O)sc2c1CCCC2. The molecule has 2 aliphatic heterocycles. The van der Waals surface area contributed by atoms with Crippen LogP contribution in [-0.4, -0.2) is 25.2 Å². The molecule has 0 saturated heterocycles. The van der Waals surface area contributed by atoms with Crippen LogP contribution in [0.5, 0.6) is 11.5 Å². The van der Waals surface area contributed by atoms with Crippen molar-refractivity contribution in [2.75, 3.05) is 18.3 Å². The number of carbonyl (C=O) groups excluding carboxylic acids is 2. The van der Waals surface area contributed by atoms with Crippen LogP contribution in [0.15, 0.2) is 40.9 Å². The van der Waals surface area contributed by atoms with Gasteiger partial charge in [0.2, 0.25) is 6.79 Å². The number of anilines is 1. The second kappa shape index (κ2) is 9.45. The van der Waals surface area contributed by atoms with E-state index in [1.54, 1.807) is 13.0 Å². The van der Waals surface area contributed by atoms with Crippen LogP contribution >= 0.6 is 11.3 Å². The Balaban J connectivity index is 1.60. The summed E-state index contributed by atoms with van der Waals surface area (Å²) in [5, 5.41) is 11.1. The number of benzene rings is 1. The first-order chi connectivity index (χ1) is 18.7. The van der Waals surface area contributed by atoms with Crippen LogP contribution < -0.4 is 20.1 Å². The highest BCUT2D eigenvalue weighted by Crippen LogP contribution is 2.53. The molecule has 6 rings (SSSR count). The van der Waals surface area contributed by atoms with Gasteiger partial charge in [0.15, 0.2) is 17.3 Å². The Morgan fingerprint density at radius 1 is 1.23 bits per heavy atom. The molecule has 8 nitrogen and oxygen atoms in total. The van der Waals surface area contributed by atoms with Crippen molar-refractivity contribution in [3.05, 3.63) is 62.4 Å². The summed E-state index contributed by atoms with van der Waals surface area (Å²) < 4.78 is 16.6. The third-order valence-electron chi connectivity index (χ3n) is 7.95. The molecule has 0 radical (unpaired) electrons. The highest BCUT2D eigenvalue weighted by molar-refractivity contribution is 7.16. The Morgan fingerprint density at radius 3 is 2.77 bits per heavy atom. The van der Waals surface area contributed by atoms with Crippen LogP contribution in [0, 0.1) is 16.7 Å². The van der Waals surface area contributed by atoms with Gasteiger partial charge in [-0.15, -0.1) is 11.3 Å². The largest absolute Gasteiger partial charge is 0.462 e. The molecule has 202 valence electrons. The molecule has 9 heteroatoms. The van der Waals surface area contributed by atoms with Crippen LogP contribution in [-0.2, 0) is 22.4 Å². The molecule has 0 saturated carbocycles. The van der Waals surface area contributed by atoms with E-state index in [0.717, 1.165) is 47.4 Å². The number of hydrogen-bond donors (Lipinski definition) is 1. The van der Waals surface area contributed by atoms with Crippen molar-refractivity contribution in [2.24, 2.45) is 11.1 Å². The monoisotopic (exact) mass is 545 g/mol. The van der Waals surface area contributed by atoms with E-state index in [1.165, 1.54) is 11.3 Å². The van der Waals surface area contributed by atoms with Crippen molar-refractivity contribution in [3.63, 3.8) is 0 Å². The molecule has 39 heavy (non-hydrogen) atoms. The Labute approximate surface area is 231 Å². The van der Waals surface area contributed by atoms with E-state index in [0.29, 0.717) is 40.5 Å². The van der Waals surface area contributed by atoms with E-state index >= 15 is 0 Å². The maximum absolute atomic E-state index is 13.9. The molecule has 0 fully saturated rings. The van der Waals surface area contributed by atoms with Crippen LogP contribution in [0.3, 0.4) is 0 Å². The van der Waals surface area contributed by atoms with E-state index in [9.17, 15) is 14.9 Å². The van der Waals surface area contributed by atoms with Crippen LogP contribution in [0.2, 0.25) is 0 Å². The summed E-state index contributed by atoms with van der Waals surface area (Å²) in [6, 6.07) is 7.82. The van der Waals surface area contributed by atoms with Gasteiger partial charge in [0.1, 0.15) is 10.8 Å². The summed E-state index contributed by atoms with van der Waals surface area (Å²) in [5.74, 6) is 0.397. The summed E-state index contributed by atoms with van der Waals surface area (Å²) in [5.41, 5.74) is 10.4. The first-order valence-corrected chi connectivity index (χ1v) is 14.2. The van der Waals surface area contributed by atoms with Crippen molar-refractivity contribution in [2.45, 2.75) is 65.2 Å². The van der Waals surface area contributed by atoms with Gasteiger partial charge in [-0.2, -0.15) is 5.26 Å². The van der Waals surface area contributed by atoms with Gasteiger partial charge in [0.25, 0.3) is 0 Å². The number of nitrogens with two attached hydrogens (primary N) is 1. The molecule has 4 aliphatic rings. The van der Waals surface area contributed by atoms with Crippen molar-refractivity contribution >= 4 is 28.1 Å². The number of aryl methyl sites for hydroxylation is 1. The average Bonchev–Trinajstić information content (AvgIpc) is 3.51. The van der Waals surface area contributed by atoms with Gasteiger partial charge in [-0.25, -0.2) is 4.79 Å². The Bertz CT molecular complexity index is 1510. The predicted octanol–water partition coefficient (Wildman–Crippen LogP) is 5.47. The topological polar surface area (TPSA) is 115 Å². The lowest BCUT2D eigenvalue weighted by Crippen LogP contribution is -2.42. The van der Waals surface area contributed by atoms with Gasteiger partial charge in [-0.05, 0) is 67.7 Å². The first kappa shape index (κ1) is 25.5. The van der Waals surface area contributed by atoms with E-state index in [-0.39, 0.29) is 42.0 Å². The third-order valence-corrected chi connectivity index (χ3v) is 9.22.